The summed E-state index contributed by atoms with van der Waals surface area (Å²) in [6.07, 6.45) is 1.49. The molecule has 3 aromatic rings. The molecule has 0 spiro atoms. The number of rotatable bonds is 2. The van der Waals surface area contributed by atoms with Crippen LogP contribution >= 0.6 is 0 Å². The number of carbonyl (C=O) groups excluding carboxylic acids is 2. The SMILES string of the molecule is O=C(Nc1n[nH]c2ccccc12)ON1C=C2C(=O)Oc3ccccc3C2CC1. The lowest BCUT2D eigenvalue weighted by Gasteiger charge is -2.33. The quantitative estimate of drug-likeness (QED) is 0.526. The summed E-state index contributed by atoms with van der Waals surface area (Å²) < 4.78 is 5.38. The molecule has 0 aliphatic carbocycles. The Morgan fingerprint density at radius 2 is 2.04 bits per heavy atom. The fourth-order valence-electron chi connectivity index (χ4n) is 3.62. The highest BCUT2D eigenvalue weighted by Gasteiger charge is 2.36. The molecule has 28 heavy (non-hydrogen) atoms. The zero-order valence-electron chi connectivity index (χ0n) is 14.7. The number of nitrogens with one attached hydrogen (secondary N) is 2. The first-order valence-electron chi connectivity index (χ1n) is 8.90. The number of benzene rings is 2. The second-order valence-corrected chi connectivity index (χ2v) is 6.62. The topological polar surface area (TPSA) is 96.5 Å². The van der Waals surface area contributed by atoms with Gasteiger partial charge in [0.1, 0.15) is 5.75 Å². The average Bonchev–Trinajstić information content (AvgIpc) is 3.11. The van der Waals surface area contributed by atoms with E-state index in [1.54, 1.807) is 6.07 Å². The highest BCUT2D eigenvalue weighted by atomic mass is 16.7. The third-order valence-corrected chi connectivity index (χ3v) is 4.92. The fraction of sp³-hybridized carbons (Fsp3) is 0.150. The van der Waals surface area contributed by atoms with Crippen molar-refractivity contribution < 1.29 is 19.2 Å². The highest BCUT2D eigenvalue weighted by molar-refractivity contribution is 5.97. The van der Waals surface area contributed by atoms with E-state index in [0.717, 1.165) is 16.5 Å². The van der Waals surface area contributed by atoms with Crippen LogP contribution in [0.4, 0.5) is 10.6 Å². The summed E-state index contributed by atoms with van der Waals surface area (Å²) in [5.41, 5.74) is 2.26. The molecule has 0 saturated heterocycles. The Morgan fingerprint density at radius 3 is 2.96 bits per heavy atom. The maximum absolute atomic E-state index is 12.3. The standard InChI is InChI=1S/C20H16N4O4/c25-19-15-11-24(10-9-12(15)13-5-2-4-8-17(13)27-19)28-20(26)21-18-14-6-1-3-7-16(14)22-23-18/h1-8,11-12H,9-10H2,(H2,21,22,23,26). The third-order valence-electron chi connectivity index (χ3n) is 4.92. The molecule has 3 heterocycles. The van der Waals surface area contributed by atoms with Crippen LogP contribution in [0.25, 0.3) is 10.9 Å². The molecule has 1 atom stereocenters. The molecule has 8 nitrogen and oxygen atoms in total. The van der Waals surface area contributed by atoms with Gasteiger partial charge in [0.2, 0.25) is 0 Å². The number of H-pyrrole nitrogens is 1. The van der Waals surface area contributed by atoms with Gasteiger partial charge in [0.25, 0.3) is 0 Å². The van der Waals surface area contributed by atoms with Gasteiger partial charge in [-0.15, -0.1) is 0 Å². The first kappa shape index (κ1) is 16.4. The van der Waals surface area contributed by atoms with Gasteiger partial charge in [0.15, 0.2) is 5.82 Å². The highest BCUT2D eigenvalue weighted by Crippen LogP contribution is 2.41. The van der Waals surface area contributed by atoms with Gasteiger partial charge in [-0.3, -0.25) is 10.4 Å². The van der Waals surface area contributed by atoms with E-state index in [1.807, 2.05) is 42.5 Å². The predicted molar refractivity (Wildman–Crippen MR) is 100 cm³/mol. The molecular weight excluding hydrogens is 360 g/mol. The van der Waals surface area contributed by atoms with Gasteiger partial charge in [-0.2, -0.15) is 5.10 Å². The van der Waals surface area contributed by atoms with Crippen LogP contribution in [0.3, 0.4) is 0 Å². The molecule has 1 unspecified atom stereocenters. The number of nitrogens with zero attached hydrogens (tertiary/aromatic N) is 2. The molecule has 0 saturated carbocycles. The van der Waals surface area contributed by atoms with Gasteiger partial charge in [0.05, 0.1) is 17.6 Å². The fourth-order valence-corrected chi connectivity index (χ4v) is 3.62. The number of ether oxygens (including phenoxy) is 1. The van der Waals surface area contributed by atoms with Crippen molar-refractivity contribution in [1.29, 1.82) is 0 Å². The van der Waals surface area contributed by atoms with Gasteiger partial charge >= 0.3 is 12.1 Å². The molecule has 1 aromatic heterocycles. The second-order valence-electron chi connectivity index (χ2n) is 6.62. The monoisotopic (exact) mass is 376 g/mol. The van der Waals surface area contributed by atoms with Crippen molar-refractivity contribution in [2.75, 3.05) is 11.9 Å². The summed E-state index contributed by atoms with van der Waals surface area (Å²) in [7, 11) is 0. The summed E-state index contributed by atoms with van der Waals surface area (Å²) in [5.74, 6) is 0.493. The zero-order valence-corrected chi connectivity index (χ0v) is 14.7. The Labute approximate surface area is 159 Å². The van der Waals surface area contributed by atoms with Gasteiger partial charge in [-0.25, -0.2) is 14.7 Å². The van der Waals surface area contributed by atoms with Crippen molar-refractivity contribution in [3.05, 3.63) is 65.9 Å². The largest absolute Gasteiger partial charge is 0.437 e. The number of aromatic amines is 1. The van der Waals surface area contributed by atoms with Crippen LogP contribution in [-0.2, 0) is 9.63 Å². The Balaban J connectivity index is 1.33. The summed E-state index contributed by atoms with van der Waals surface area (Å²) in [5, 5.41) is 11.7. The van der Waals surface area contributed by atoms with Crippen LogP contribution < -0.4 is 10.1 Å². The Bertz CT molecular complexity index is 1120. The number of para-hydroxylation sites is 2. The third kappa shape index (κ3) is 2.75. The van der Waals surface area contributed by atoms with E-state index >= 15 is 0 Å². The molecule has 2 N–H and O–H groups in total. The van der Waals surface area contributed by atoms with E-state index in [9.17, 15) is 9.59 Å². The molecule has 0 radical (unpaired) electrons. The Kier molecular flexibility index (Phi) is 3.75. The van der Waals surface area contributed by atoms with Gasteiger partial charge < -0.3 is 9.57 Å². The van der Waals surface area contributed by atoms with Crippen molar-refractivity contribution in [2.45, 2.75) is 12.3 Å². The van der Waals surface area contributed by atoms with Crippen LogP contribution in [0.5, 0.6) is 5.75 Å². The molecule has 0 bridgehead atoms. The number of carbonyl (C=O) groups is 2. The molecule has 5 rings (SSSR count). The first-order chi connectivity index (χ1) is 13.7. The molecule has 8 heteroatoms. The van der Waals surface area contributed by atoms with E-state index in [-0.39, 0.29) is 5.92 Å². The van der Waals surface area contributed by atoms with Gasteiger partial charge in [-0.05, 0) is 24.6 Å². The number of anilines is 1. The van der Waals surface area contributed by atoms with Crippen LogP contribution in [0, 0.1) is 0 Å². The summed E-state index contributed by atoms with van der Waals surface area (Å²) in [6, 6.07) is 14.9. The molecule has 2 aliphatic heterocycles. The van der Waals surface area contributed by atoms with E-state index in [4.69, 9.17) is 9.57 Å². The molecular formula is C20H16N4O4. The first-order valence-corrected chi connectivity index (χ1v) is 8.90. The van der Waals surface area contributed by atoms with Gasteiger partial charge in [-0.1, -0.05) is 30.3 Å². The lowest BCUT2D eigenvalue weighted by atomic mass is 9.84. The van der Waals surface area contributed by atoms with Gasteiger partial charge in [0, 0.05) is 23.1 Å². The maximum atomic E-state index is 12.3. The minimum Gasteiger partial charge on any atom is -0.423 e. The predicted octanol–water partition coefficient (Wildman–Crippen LogP) is 3.32. The van der Waals surface area contributed by atoms with Crippen molar-refractivity contribution in [3.8, 4) is 5.75 Å². The molecule has 1 amide bonds. The van der Waals surface area contributed by atoms with E-state index in [1.165, 1.54) is 11.3 Å². The number of esters is 1. The smallest absolute Gasteiger partial charge is 0.423 e. The van der Waals surface area contributed by atoms with Crippen LogP contribution in [0.15, 0.2) is 60.3 Å². The normalized spacial score (nSPS) is 18.0. The van der Waals surface area contributed by atoms with Crippen LogP contribution in [0.1, 0.15) is 17.9 Å². The lowest BCUT2D eigenvalue weighted by Crippen LogP contribution is -2.35. The summed E-state index contributed by atoms with van der Waals surface area (Å²) in [4.78, 5) is 30.0. The number of hydrogen-bond acceptors (Lipinski definition) is 6. The summed E-state index contributed by atoms with van der Waals surface area (Å²) in [6.45, 7) is 0.463. The van der Waals surface area contributed by atoms with Crippen molar-refractivity contribution in [1.82, 2.24) is 15.3 Å². The van der Waals surface area contributed by atoms with Crippen molar-refractivity contribution in [3.63, 3.8) is 0 Å². The minimum atomic E-state index is -0.683. The lowest BCUT2D eigenvalue weighted by molar-refractivity contribution is -0.132. The van der Waals surface area contributed by atoms with E-state index in [0.29, 0.717) is 30.1 Å². The summed E-state index contributed by atoms with van der Waals surface area (Å²) >= 11 is 0. The minimum absolute atomic E-state index is 0.0596. The Morgan fingerprint density at radius 1 is 1.21 bits per heavy atom. The van der Waals surface area contributed by atoms with E-state index in [2.05, 4.69) is 15.5 Å². The number of hydroxylamine groups is 2. The molecule has 2 aromatic carbocycles. The maximum Gasteiger partial charge on any atom is 0.437 e. The molecule has 2 aliphatic rings. The number of aromatic nitrogens is 2. The van der Waals surface area contributed by atoms with Crippen LogP contribution in [0.2, 0.25) is 0 Å². The number of hydrogen-bond donors (Lipinski definition) is 2. The average molecular weight is 376 g/mol. The number of amides is 1. The molecule has 0 fully saturated rings. The molecule has 140 valence electrons. The van der Waals surface area contributed by atoms with Crippen molar-refractivity contribution >= 4 is 28.8 Å². The van der Waals surface area contributed by atoms with Crippen molar-refractivity contribution in [2.24, 2.45) is 0 Å². The zero-order chi connectivity index (χ0) is 19.1. The Hall–Kier alpha value is -3.81. The second kappa shape index (κ2) is 6.41. The van der Waals surface area contributed by atoms with Crippen LogP contribution in [-0.4, -0.2) is 33.9 Å². The number of fused-ring (bicyclic) bond motifs is 4. The van der Waals surface area contributed by atoms with E-state index < -0.39 is 12.1 Å².